The van der Waals surface area contributed by atoms with E-state index in [1.54, 1.807) is 0 Å². The molecule has 86 valence electrons. The van der Waals surface area contributed by atoms with E-state index in [0.717, 1.165) is 32.1 Å². The first-order chi connectivity index (χ1) is 7.66. The van der Waals surface area contributed by atoms with Gasteiger partial charge in [0.25, 0.3) is 0 Å². The number of aliphatic hydroxyl groups is 1. The third kappa shape index (κ3) is 1.76. The minimum Gasteiger partial charge on any atom is -0.395 e. The molecule has 0 aromatic heterocycles. The summed E-state index contributed by atoms with van der Waals surface area (Å²) < 4.78 is 0. The molecule has 0 aliphatic heterocycles. The van der Waals surface area contributed by atoms with Crippen molar-refractivity contribution in [2.75, 3.05) is 6.61 Å². The summed E-state index contributed by atoms with van der Waals surface area (Å²) in [5, 5.41) is 9.42. The molecule has 0 atom stereocenters. The molecular formula is C14H19NO. The molecule has 2 nitrogen and oxygen atoms in total. The van der Waals surface area contributed by atoms with Gasteiger partial charge < -0.3 is 10.8 Å². The molecule has 2 aliphatic carbocycles. The van der Waals surface area contributed by atoms with Gasteiger partial charge in [0.15, 0.2) is 0 Å². The number of nitrogens with two attached hydrogens (primary N) is 1. The van der Waals surface area contributed by atoms with Gasteiger partial charge in [0.05, 0.1) is 6.61 Å². The van der Waals surface area contributed by atoms with Crippen molar-refractivity contribution in [3.05, 3.63) is 35.4 Å². The highest BCUT2D eigenvalue weighted by Gasteiger charge is 2.44. The zero-order valence-electron chi connectivity index (χ0n) is 9.58. The Labute approximate surface area is 96.5 Å². The topological polar surface area (TPSA) is 46.2 Å². The van der Waals surface area contributed by atoms with Gasteiger partial charge in [-0.05, 0) is 43.2 Å². The molecule has 0 saturated heterocycles. The lowest BCUT2D eigenvalue weighted by Crippen LogP contribution is -2.24. The molecule has 2 aliphatic rings. The van der Waals surface area contributed by atoms with Crippen molar-refractivity contribution in [2.24, 2.45) is 5.73 Å². The molecule has 3 rings (SSSR count). The molecule has 2 heteroatoms. The van der Waals surface area contributed by atoms with Crippen LogP contribution in [0.5, 0.6) is 0 Å². The highest BCUT2D eigenvalue weighted by Crippen LogP contribution is 2.48. The Hall–Kier alpha value is -0.860. The predicted molar refractivity (Wildman–Crippen MR) is 64.3 cm³/mol. The van der Waals surface area contributed by atoms with Gasteiger partial charge in [0.2, 0.25) is 0 Å². The van der Waals surface area contributed by atoms with E-state index in [9.17, 15) is 5.11 Å². The number of hydrogen-bond acceptors (Lipinski definition) is 2. The molecule has 0 unspecified atom stereocenters. The lowest BCUT2D eigenvalue weighted by atomic mass is 9.93. The van der Waals surface area contributed by atoms with E-state index in [1.807, 2.05) is 0 Å². The summed E-state index contributed by atoms with van der Waals surface area (Å²) in [5.74, 6) is 0. The third-order valence-corrected chi connectivity index (χ3v) is 4.14. The predicted octanol–water partition coefficient (Wildman–Crippen LogP) is 1.74. The summed E-state index contributed by atoms with van der Waals surface area (Å²) in [6.45, 7) is 0.282. The van der Waals surface area contributed by atoms with E-state index in [0.29, 0.717) is 0 Å². The van der Waals surface area contributed by atoms with Gasteiger partial charge in [-0.3, -0.25) is 0 Å². The average molecular weight is 217 g/mol. The molecule has 3 N–H and O–H groups in total. The van der Waals surface area contributed by atoms with Gasteiger partial charge in [0.1, 0.15) is 0 Å². The lowest BCUT2D eigenvalue weighted by Gasteiger charge is -2.15. The third-order valence-electron chi connectivity index (χ3n) is 4.14. The summed E-state index contributed by atoms with van der Waals surface area (Å²) >= 11 is 0. The van der Waals surface area contributed by atoms with Crippen LogP contribution in [0.15, 0.2) is 24.3 Å². The molecular weight excluding hydrogens is 198 g/mol. The second-order valence-electron chi connectivity index (χ2n) is 5.68. The summed E-state index contributed by atoms with van der Waals surface area (Å²) in [5.41, 5.74) is 8.93. The van der Waals surface area contributed by atoms with Crippen LogP contribution in [0.25, 0.3) is 0 Å². The molecule has 0 amide bonds. The molecule has 0 spiro atoms. The van der Waals surface area contributed by atoms with Crippen molar-refractivity contribution in [3.63, 3.8) is 0 Å². The van der Waals surface area contributed by atoms with Gasteiger partial charge in [-0.1, -0.05) is 24.3 Å². The van der Waals surface area contributed by atoms with E-state index in [2.05, 4.69) is 24.3 Å². The van der Waals surface area contributed by atoms with Gasteiger partial charge in [-0.15, -0.1) is 0 Å². The maximum absolute atomic E-state index is 9.42. The minimum atomic E-state index is 0.0779. The Morgan fingerprint density at radius 1 is 1.19 bits per heavy atom. The van der Waals surface area contributed by atoms with Crippen LogP contribution in [0.2, 0.25) is 0 Å². The number of aliphatic hydroxyl groups excluding tert-OH is 1. The van der Waals surface area contributed by atoms with Crippen LogP contribution >= 0.6 is 0 Å². The van der Waals surface area contributed by atoms with E-state index in [4.69, 9.17) is 5.73 Å². The molecule has 0 bridgehead atoms. The maximum atomic E-state index is 9.42. The van der Waals surface area contributed by atoms with Crippen LogP contribution in [0.1, 0.15) is 36.8 Å². The Bertz CT molecular complexity index is 405. The quantitative estimate of drug-likeness (QED) is 0.807. The molecule has 2 fully saturated rings. The van der Waals surface area contributed by atoms with Crippen molar-refractivity contribution in [3.8, 4) is 0 Å². The van der Waals surface area contributed by atoms with Crippen LogP contribution in [-0.4, -0.2) is 17.3 Å². The average Bonchev–Trinajstić information content (AvgIpc) is 3.17. The number of hydrogen-bond donors (Lipinski definition) is 2. The van der Waals surface area contributed by atoms with Gasteiger partial charge in [0, 0.05) is 11.0 Å². The van der Waals surface area contributed by atoms with E-state index < -0.39 is 0 Å². The van der Waals surface area contributed by atoms with E-state index >= 15 is 0 Å². The summed E-state index contributed by atoms with van der Waals surface area (Å²) in [4.78, 5) is 0. The van der Waals surface area contributed by atoms with E-state index in [-0.39, 0.29) is 17.6 Å². The Morgan fingerprint density at radius 3 is 2.50 bits per heavy atom. The van der Waals surface area contributed by atoms with Crippen LogP contribution in [-0.2, 0) is 11.8 Å². The zero-order chi connectivity index (χ0) is 11.2. The smallest absolute Gasteiger partial charge is 0.0527 e. The fourth-order valence-electron chi connectivity index (χ4n) is 2.44. The molecule has 1 aromatic rings. The molecule has 16 heavy (non-hydrogen) atoms. The summed E-state index contributed by atoms with van der Waals surface area (Å²) in [6, 6.07) is 8.65. The molecule has 0 radical (unpaired) electrons. The summed E-state index contributed by atoms with van der Waals surface area (Å²) in [7, 11) is 0. The first kappa shape index (κ1) is 10.3. The Kier molecular flexibility index (Phi) is 2.13. The highest BCUT2D eigenvalue weighted by atomic mass is 16.3. The fraction of sp³-hybridized carbons (Fsp3) is 0.571. The van der Waals surface area contributed by atoms with Crippen molar-refractivity contribution < 1.29 is 5.11 Å². The van der Waals surface area contributed by atoms with Crippen LogP contribution in [0, 0.1) is 0 Å². The monoisotopic (exact) mass is 217 g/mol. The van der Waals surface area contributed by atoms with Crippen molar-refractivity contribution in [1.82, 2.24) is 0 Å². The van der Waals surface area contributed by atoms with Crippen molar-refractivity contribution in [1.29, 1.82) is 0 Å². The van der Waals surface area contributed by atoms with Crippen LogP contribution < -0.4 is 5.73 Å². The fourth-order valence-corrected chi connectivity index (χ4v) is 2.44. The molecule has 1 aromatic carbocycles. The second kappa shape index (κ2) is 3.31. The largest absolute Gasteiger partial charge is 0.395 e. The van der Waals surface area contributed by atoms with Gasteiger partial charge in [-0.2, -0.15) is 0 Å². The van der Waals surface area contributed by atoms with Crippen molar-refractivity contribution in [2.45, 2.75) is 43.1 Å². The standard InChI is InChI=1S/C14H19NO/c15-14(6-7-14)9-11-2-1-3-12(8-11)13(10-16)4-5-13/h1-3,8,16H,4-7,9-10,15H2. The zero-order valence-corrected chi connectivity index (χ0v) is 9.58. The maximum Gasteiger partial charge on any atom is 0.0527 e. The van der Waals surface area contributed by atoms with Crippen LogP contribution in [0.3, 0.4) is 0 Å². The Morgan fingerprint density at radius 2 is 1.94 bits per heavy atom. The first-order valence-electron chi connectivity index (χ1n) is 6.15. The first-order valence-corrected chi connectivity index (χ1v) is 6.15. The van der Waals surface area contributed by atoms with Gasteiger partial charge >= 0.3 is 0 Å². The SMILES string of the molecule is NC1(Cc2cccc(C3(CO)CC3)c2)CC1. The minimum absolute atomic E-state index is 0.0779. The molecule has 0 heterocycles. The highest BCUT2D eigenvalue weighted by molar-refractivity contribution is 5.35. The summed E-state index contributed by atoms with van der Waals surface area (Å²) in [6.07, 6.45) is 5.55. The number of rotatable bonds is 4. The number of benzene rings is 1. The van der Waals surface area contributed by atoms with Gasteiger partial charge in [-0.25, -0.2) is 0 Å². The lowest BCUT2D eigenvalue weighted by molar-refractivity contribution is 0.255. The van der Waals surface area contributed by atoms with Crippen molar-refractivity contribution >= 4 is 0 Å². The Balaban J connectivity index is 1.82. The van der Waals surface area contributed by atoms with Crippen LogP contribution in [0.4, 0.5) is 0 Å². The van der Waals surface area contributed by atoms with E-state index in [1.165, 1.54) is 11.1 Å². The second-order valence-corrected chi connectivity index (χ2v) is 5.68. The normalized spacial score (nSPS) is 24.1. The molecule has 2 saturated carbocycles.